The Morgan fingerprint density at radius 2 is 2.20 bits per heavy atom. The lowest BCUT2D eigenvalue weighted by Gasteiger charge is -2.05. The Kier molecular flexibility index (Phi) is 4.67. The fourth-order valence-electron chi connectivity index (χ4n) is 0.537. The van der Waals surface area contributed by atoms with Gasteiger partial charge in [0.25, 0.3) is 0 Å². The molecule has 0 bridgehead atoms. The molecular formula is C8H14O2. The van der Waals surface area contributed by atoms with E-state index in [-0.39, 0.29) is 0 Å². The number of aliphatic hydroxyl groups excluding tert-OH is 2. The molecule has 58 valence electrons. The summed E-state index contributed by atoms with van der Waals surface area (Å²) in [5.41, 5.74) is 0.595. The van der Waals surface area contributed by atoms with Crippen molar-refractivity contribution in [2.45, 2.75) is 26.4 Å². The molecule has 10 heavy (non-hydrogen) atoms. The van der Waals surface area contributed by atoms with E-state index in [1.165, 1.54) is 0 Å². The number of hydrogen-bond acceptors (Lipinski definition) is 2. The molecule has 0 amide bonds. The standard InChI is InChI=1S/C8H14O2/c1-3-4-5-8(10)7(2)6-9/h3-4,6,8-10H,5H2,1-2H3/b4-3?,7-6+. The molecule has 0 spiro atoms. The van der Waals surface area contributed by atoms with Crippen LogP contribution in [-0.4, -0.2) is 16.3 Å². The van der Waals surface area contributed by atoms with Gasteiger partial charge >= 0.3 is 0 Å². The molecule has 2 N–H and O–H groups in total. The highest BCUT2D eigenvalue weighted by molar-refractivity contribution is 5.02. The van der Waals surface area contributed by atoms with Crippen LogP contribution in [0.4, 0.5) is 0 Å². The molecule has 2 heteroatoms. The maximum absolute atomic E-state index is 9.17. The first-order chi connectivity index (χ1) is 4.72. The van der Waals surface area contributed by atoms with Crippen molar-refractivity contribution >= 4 is 0 Å². The van der Waals surface area contributed by atoms with Crippen LogP contribution in [0, 0.1) is 0 Å². The number of rotatable bonds is 3. The van der Waals surface area contributed by atoms with E-state index in [2.05, 4.69) is 0 Å². The largest absolute Gasteiger partial charge is 0.516 e. The van der Waals surface area contributed by atoms with Gasteiger partial charge in [0.15, 0.2) is 0 Å². The first-order valence-electron chi connectivity index (χ1n) is 3.32. The van der Waals surface area contributed by atoms with E-state index in [1.807, 2.05) is 19.1 Å². The molecule has 0 aliphatic carbocycles. The fraction of sp³-hybridized carbons (Fsp3) is 0.500. The highest BCUT2D eigenvalue weighted by Gasteiger charge is 2.02. The molecule has 0 aliphatic rings. The Morgan fingerprint density at radius 3 is 2.60 bits per heavy atom. The Morgan fingerprint density at radius 1 is 1.60 bits per heavy atom. The van der Waals surface area contributed by atoms with Gasteiger partial charge in [-0.3, -0.25) is 0 Å². The molecular weight excluding hydrogens is 128 g/mol. The SMILES string of the molecule is CC=CCC(O)/C(C)=C/O. The normalized spacial score (nSPS) is 16.1. The lowest BCUT2D eigenvalue weighted by molar-refractivity contribution is 0.210. The van der Waals surface area contributed by atoms with Crippen molar-refractivity contribution < 1.29 is 10.2 Å². The molecule has 0 aromatic carbocycles. The molecule has 0 aromatic heterocycles. The summed E-state index contributed by atoms with van der Waals surface area (Å²) >= 11 is 0. The van der Waals surface area contributed by atoms with Gasteiger partial charge in [-0.1, -0.05) is 12.2 Å². The van der Waals surface area contributed by atoms with E-state index in [1.54, 1.807) is 6.92 Å². The van der Waals surface area contributed by atoms with Gasteiger partial charge in [-0.25, -0.2) is 0 Å². The molecule has 0 aromatic rings. The maximum Gasteiger partial charge on any atom is 0.0814 e. The van der Waals surface area contributed by atoms with Gasteiger partial charge in [-0.05, 0) is 25.8 Å². The van der Waals surface area contributed by atoms with Gasteiger partial charge < -0.3 is 10.2 Å². The Labute approximate surface area is 61.5 Å². The predicted octanol–water partition coefficient (Wildman–Crippen LogP) is 1.78. The summed E-state index contributed by atoms with van der Waals surface area (Å²) in [6, 6.07) is 0. The van der Waals surface area contributed by atoms with Gasteiger partial charge in [0.05, 0.1) is 12.4 Å². The van der Waals surface area contributed by atoms with Crippen molar-refractivity contribution in [3.05, 3.63) is 24.0 Å². The van der Waals surface area contributed by atoms with Crippen LogP contribution in [-0.2, 0) is 0 Å². The van der Waals surface area contributed by atoms with Crippen LogP contribution in [0.1, 0.15) is 20.3 Å². The number of allylic oxidation sites excluding steroid dienone is 1. The van der Waals surface area contributed by atoms with E-state index in [0.717, 1.165) is 6.26 Å². The molecule has 0 fully saturated rings. The topological polar surface area (TPSA) is 40.5 Å². The average molecular weight is 142 g/mol. The van der Waals surface area contributed by atoms with E-state index in [4.69, 9.17) is 10.2 Å². The summed E-state index contributed by atoms with van der Waals surface area (Å²) < 4.78 is 0. The average Bonchev–Trinajstić information content (AvgIpc) is 1.98. The second-order valence-corrected chi connectivity index (χ2v) is 2.19. The Hall–Kier alpha value is -0.760. The van der Waals surface area contributed by atoms with Gasteiger partial charge in [0.2, 0.25) is 0 Å². The zero-order valence-electron chi connectivity index (χ0n) is 6.41. The smallest absolute Gasteiger partial charge is 0.0814 e. The summed E-state index contributed by atoms with van der Waals surface area (Å²) in [7, 11) is 0. The minimum atomic E-state index is -0.541. The quantitative estimate of drug-likeness (QED) is 0.465. The minimum Gasteiger partial charge on any atom is -0.516 e. The van der Waals surface area contributed by atoms with Gasteiger partial charge in [0, 0.05) is 0 Å². The third-order valence-corrected chi connectivity index (χ3v) is 1.32. The highest BCUT2D eigenvalue weighted by Crippen LogP contribution is 2.04. The van der Waals surface area contributed by atoms with E-state index in [9.17, 15) is 0 Å². The zero-order chi connectivity index (χ0) is 7.98. The number of hydrogen-bond donors (Lipinski definition) is 2. The molecule has 0 saturated heterocycles. The van der Waals surface area contributed by atoms with Crippen molar-refractivity contribution in [1.29, 1.82) is 0 Å². The van der Waals surface area contributed by atoms with Crippen LogP contribution in [0.15, 0.2) is 24.0 Å². The van der Waals surface area contributed by atoms with Crippen molar-refractivity contribution in [1.82, 2.24) is 0 Å². The first kappa shape index (κ1) is 9.24. The highest BCUT2D eigenvalue weighted by atomic mass is 16.3. The lowest BCUT2D eigenvalue weighted by atomic mass is 10.1. The maximum atomic E-state index is 9.17. The molecule has 0 radical (unpaired) electrons. The van der Waals surface area contributed by atoms with Crippen LogP contribution in [0.3, 0.4) is 0 Å². The van der Waals surface area contributed by atoms with Crippen molar-refractivity contribution in [2.75, 3.05) is 0 Å². The summed E-state index contributed by atoms with van der Waals surface area (Å²) in [6.45, 7) is 3.58. The zero-order valence-corrected chi connectivity index (χ0v) is 6.41. The van der Waals surface area contributed by atoms with Gasteiger partial charge in [-0.15, -0.1) is 0 Å². The van der Waals surface area contributed by atoms with Crippen molar-refractivity contribution in [2.24, 2.45) is 0 Å². The summed E-state index contributed by atoms with van der Waals surface area (Å²) in [6.07, 6.45) is 4.69. The third kappa shape index (κ3) is 3.30. The molecule has 0 saturated carbocycles. The van der Waals surface area contributed by atoms with Crippen molar-refractivity contribution in [3.8, 4) is 0 Å². The predicted molar refractivity (Wildman–Crippen MR) is 41.8 cm³/mol. The van der Waals surface area contributed by atoms with Crippen LogP contribution in [0.2, 0.25) is 0 Å². The lowest BCUT2D eigenvalue weighted by Crippen LogP contribution is -2.05. The van der Waals surface area contributed by atoms with E-state index < -0.39 is 6.10 Å². The Bertz CT molecular complexity index is 136. The van der Waals surface area contributed by atoms with E-state index >= 15 is 0 Å². The monoisotopic (exact) mass is 142 g/mol. The first-order valence-corrected chi connectivity index (χ1v) is 3.32. The van der Waals surface area contributed by atoms with Gasteiger partial charge in [-0.2, -0.15) is 0 Å². The van der Waals surface area contributed by atoms with Crippen molar-refractivity contribution in [3.63, 3.8) is 0 Å². The molecule has 1 atom stereocenters. The third-order valence-electron chi connectivity index (χ3n) is 1.32. The molecule has 0 aliphatic heterocycles. The summed E-state index contributed by atoms with van der Waals surface area (Å²) in [5, 5.41) is 17.6. The van der Waals surface area contributed by atoms with Crippen LogP contribution < -0.4 is 0 Å². The van der Waals surface area contributed by atoms with Crippen LogP contribution in [0.5, 0.6) is 0 Å². The fourth-order valence-corrected chi connectivity index (χ4v) is 0.537. The van der Waals surface area contributed by atoms with E-state index in [0.29, 0.717) is 12.0 Å². The minimum absolute atomic E-state index is 0.541. The molecule has 0 rings (SSSR count). The second kappa shape index (κ2) is 5.06. The van der Waals surface area contributed by atoms with Crippen LogP contribution >= 0.6 is 0 Å². The molecule has 1 unspecified atom stereocenters. The van der Waals surface area contributed by atoms with Gasteiger partial charge in [0.1, 0.15) is 0 Å². The molecule has 0 heterocycles. The summed E-state index contributed by atoms with van der Waals surface area (Å²) in [4.78, 5) is 0. The molecule has 2 nitrogen and oxygen atoms in total. The Balaban J connectivity index is 3.73. The summed E-state index contributed by atoms with van der Waals surface area (Å²) in [5.74, 6) is 0. The second-order valence-electron chi connectivity index (χ2n) is 2.19. The number of aliphatic hydroxyl groups is 2. The van der Waals surface area contributed by atoms with Crippen LogP contribution in [0.25, 0.3) is 0 Å².